The first-order valence-electron chi connectivity index (χ1n) is 7.58. The second kappa shape index (κ2) is 7.00. The minimum atomic E-state index is -0.425. The average molecular weight is 322 g/mol. The van der Waals surface area contributed by atoms with Gasteiger partial charge in [0.05, 0.1) is 19.0 Å². The maximum atomic E-state index is 12.4. The number of ether oxygens (including phenoxy) is 2. The van der Waals surface area contributed by atoms with Gasteiger partial charge in [-0.25, -0.2) is 4.79 Å². The third-order valence-electron chi connectivity index (χ3n) is 3.72. The van der Waals surface area contributed by atoms with Gasteiger partial charge in [-0.05, 0) is 19.1 Å². The van der Waals surface area contributed by atoms with Crippen molar-refractivity contribution in [1.82, 2.24) is 10.2 Å². The first-order chi connectivity index (χ1) is 11.7. The smallest absolute Gasteiger partial charge is 0.342 e. The van der Waals surface area contributed by atoms with Crippen LogP contribution in [0.5, 0.6) is 5.75 Å². The van der Waals surface area contributed by atoms with E-state index in [0.29, 0.717) is 17.0 Å². The van der Waals surface area contributed by atoms with Crippen molar-refractivity contribution in [2.75, 3.05) is 7.11 Å². The molecule has 3 rings (SSSR count). The van der Waals surface area contributed by atoms with Crippen molar-refractivity contribution in [2.45, 2.75) is 13.5 Å². The predicted molar refractivity (Wildman–Crippen MR) is 90.9 cm³/mol. The van der Waals surface area contributed by atoms with Crippen LogP contribution in [0.4, 0.5) is 0 Å². The lowest BCUT2D eigenvalue weighted by Gasteiger charge is -2.10. The zero-order valence-corrected chi connectivity index (χ0v) is 13.6. The van der Waals surface area contributed by atoms with Crippen molar-refractivity contribution in [3.8, 4) is 17.0 Å². The number of methoxy groups -OCH3 is 1. The van der Waals surface area contributed by atoms with Crippen molar-refractivity contribution in [1.29, 1.82) is 0 Å². The van der Waals surface area contributed by atoms with E-state index in [-0.39, 0.29) is 6.61 Å². The lowest BCUT2D eigenvalue weighted by molar-refractivity contribution is 0.0471. The van der Waals surface area contributed by atoms with Gasteiger partial charge in [0.2, 0.25) is 0 Å². The number of H-pyrrole nitrogens is 1. The molecule has 0 aliphatic rings. The van der Waals surface area contributed by atoms with Gasteiger partial charge >= 0.3 is 5.97 Å². The van der Waals surface area contributed by atoms with Gasteiger partial charge in [-0.15, -0.1) is 0 Å². The molecule has 1 aromatic heterocycles. The molecule has 0 radical (unpaired) electrons. The van der Waals surface area contributed by atoms with Crippen LogP contribution in [0.3, 0.4) is 0 Å². The molecule has 0 saturated carbocycles. The molecule has 0 amide bonds. The molecule has 0 aliphatic heterocycles. The molecule has 1 heterocycles. The van der Waals surface area contributed by atoms with Crippen molar-refractivity contribution >= 4 is 5.97 Å². The number of rotatable bonds is 5. The van der Waals surface area contributed by atoms with E-state index in [0.717, 1.165) is 16.7 Å². The number of carbonyl (C=O) groups is 1. The molecule has 0 unspecified atom stereocenters. The van der Waals surface area contributed by atoms with E-state index in [1.807, 2.05) is 55.5 Å². The summed E-state index contributed by atoms with van der Waals surface area (Å²) in [7, 11) is 1.60. The summed E-state index contributed by atoms with van der Waals surface area (Å²) in [5.41, 5.74) is 3.85. The van der Waals surface area contributed by atoms with Crippen molar-refractivity contribution in [3.63, 3.8) is 0 Å². The van der Waals surface area contributed by atoms with E-state index < -0.39 is 5.97 Å². The van der Waals surface area contributed by atoms with Crippen LogP contribution in [0.25, 0.3) is 11.3 Å². The van der Waals surface area contributed by atoms with Crippen molar-refractivity contribution in [2.24, 2.45) is 0 Å². The highest BCUT2D eigenvalue weighted by molar-refractivity contribution is 5.95. The van der Waals surface area contributed by atoms with E-state index in [1.54, 1.807) is 7.11 Å². The lowest BCUT2D eigenvalue weighted by atomic mass is 10.1. The van der Waals surface area contributed by atoms with Crippen LogP contribution in [0.1, 0.15) is 21.5 Å². The summed E-state index contributed by atoms with van der Waals surface area (Å²) in [5, 5.41) is 6.83. The molecule has 0 saturated heterocycles. The molecule has 0 aliphatic carbocycles. The molecule has 0 fully saturated rings. The standard InChI is InChI=1S/C19H18N2O3/c1-13-8-9-17(23-2)15(10-13)12-24-19(22)16-11-20-21-18(16)14-6-4-3-5-7-14/h3-11H,12H2,1-2H3,(H,20,21). The molecule has 5 nitrogen and oxygen atoms in total. The Kier molecular flexibility index (Phi) is 4.61. The fraction of sp³-hybridized carbons (Fsp3) is 0.158. The second-order valence-corrected chi connectivity index (χ2v) is 5.42. The summed E-state index contributed by atoms with van der Waals surface area (Å²) < 4.78 is 10.8. The number of esters is 1. The number of benzene rings is 2. The molecular weight excluding hydrogens is 304 g/mol. The van der Waals surface area contributed by atoms with Crippen LogP contribution < -0.4 is 4.74 Å². The molecule has 2 aromatic carbocycles. The zero-order valence-electron chi connectivity index (χ0n) is 13.6. The van der Waals surface area contributed by atoms with Crippen LogP contribution >= 0.6 is 0 Å². The molecule has 122 valence electrons. The number of carbonyl (C=O) groups excluding carboxylic acids is 1. The Morgan fingerprint density at radius 2 is 1.96 bits per heavy atom. The average Bonchev–Trinajstić information content (AvgIpc) is 3.10. The van der Waals surface area contributed by atoms with Gasteiger partial charge in [0.15, 0.2) is 0 Å². The number of aromatic nitrogens is 2. The highest BCUT2D eigenvalue weighted by Crippen LogP contribution is 2.24. The van der Waals surface area contributed by atoms with Gasteiger partial charge in [0.1, 0.15) is 17.9 Å². The van der Waals surface area contributed by atoms with E-state index >= 15 is 0 Å². The van der Waals surface area contributed by atoms with E-state index in [9.17, 15) is 4.79 Å². The lowest BCUT2D eigenvalue weighted by Crippen LogP contribution is -2.06. The summed E-state index contributed by atoms with van der Waals surface area (Å²) in [6.45, 7) is 2.12. The second-order valence-electron chi connectivity index (χ2n) is 5.42. The van der Waals surface area contributed by atoms with Gasteiger partial charge < -0.3 is 9.47 Å². The Morgan fingerprint density at radius 3 is 2.71 bits per heavy atom. The fourth-order valence-electron chi connectivity index (χ4n) is 2.51. The van der Waals surface area contributed by atoms with Crippen LogP contribution in [0, 0.1) is 6.92 Å². The normalized spacial score (nSPS) is 10.4. The molecule has 0 atom stereocenters. The summed E-state index contributed by atoms with van der Waals surface area (Å²) in [5.74, 6) is 0.273. The summed E-state index contributed by atoms with van der Waals surface area (Å²) in [6, 6.07) is 15.3. The van der Waals surface area contributed by atoms with Crippen LogP contribution in [0.2, 0.25) is 0 Å². The first-order valence-corrected chi connectivity index (χ1v) is 7.58. The molecule has 0 bridgehead atoms. The molecule has 3 aromatic rings. The zero-order chi connectivity index (χ0) is 16.9. The SMILES string of the molecule is COc1ccc(C)cc1COC(=O)c1cn[nH]c1-c1ccccc1. The first kappa shape index (κ1) is 15.8. The van der Waals surface area contributed by atoms with Crippen molar-refractivity contribution < 1.29 is 14.3 Å². The number of aryl methyl sites for hydroxylation is 1. The minimum Gasteiger partial charge on any atom is -0.496 e. The molecule has 0 spiro atoms. The Hall–Kier alpha value is -3.08. The molecule has 24 heavy (non-hydrogen) atoms. The monoisotopic (exact) mass is 322 g/mol. The van der Waals surface area contributed by atoms with E-state index in [1.165, 1.54) is 6.20 Å². The Morgan fingerprint density at radius 1 is 1.17 bits per heavy atom. The van der Waals surface area contributed by atoms with Gasteiger partial charge in [0.25, 0.3) is 0 Å². The maximum absolute atomic E-state index is 12.4. The van der Waals surface area contributed by atoms with Gasteiger partial charge in [-0.1, -0.05) is 42.0 Å². The highest BCUT2D eigenvalue weighted by atomic mass is 16.5. The largest absolute Gasteiger partial charge is 0.496 e. The third kappa shape index (κ3) is 3.30. The van der Waals surface area contributed by atoms with Crippen LogP contribution in [0.15, 0.2) is 54.7 Å². The Balaban J connectivity index is 1.78. The molecule has 5 heteroatoms. The van der Waals surface area contributed by atoms with Gasteiger partial charge in [0, 0.05) is 11.1 Å². The van der Waals surface area contributed by atoms with Crippen LogP contribution in [-0.2, 0) is 11.3 Å². The van der Waals surface area contributed by atoms with Gasteiger partial charge in [-0.3, -0.25) is 5.10 Å². The van der Waals surface area contributed by atoms with Crippen molar-refractivity contribution in [3.05, 3.63) is 71.4 Å². The summed E-state index contributed by atoms with van der Waals surface area (Å²) in [6.07, 6.45) is 1.48. The maximum Gasteiger partial charge on any atom is 0.342 e. The number of hydrogen-bond acceptors (Lipinski definition) is 4. The van der Waals surface area contributed by atoms with Crippen LogP contribution in [-0.4, -0.2) is 23.3 Å². The molecule has 1 N–H and O–H groups in total. The Bertz CT molecular complexity index is 841. The minimum absolute atomic E-state index is 0.142. The van der Waals surface area contributed by atoms with Gasteiger partial charge in [-0.2, -0.15) is 5.10 Å². The Labute approximate surface area is 140 Å². The van der Waals surface area contributed by atoms with E-state index in [4.69, 9.17) is 9.47 Å². The third-order valence-corrected chi connectivity index (χ3v) is 3.72. The highest BCUT2D eigenvalue weighted by Gasteiger charge is 2.17. The topological polar surface area (TPSA) is 64.2 Å². The van der Waals surface area contributed by atoms with E-state index in [2.05, 4.69) is 10.2 Å². The number of hydrogen-bond donors (Lipinski definition) is 1. The fourth-order valence-corrected chi connectivity index (χ4v) is 2.51. The quantitative estimate of drug-likeness (QED) is 0.727. The summed E-state index contributed by atoms with van der Waals surface area (Å²) in [4.78, 5) is 12.4. The predicted octanol–water partition coefficient (Wildman–Crippen LogP) is 3.75. The number of nitrogens with zero attached hydrogens (tertiary/aromatic N) is 1. The molecular formula is C19H18N2O3. The summed E-state index contributed by atoms with van der Waals surface area (Å²) >= 11 is 0. The number of nitrogens with one attached hydrogen (secondary N) is 1. The number of aromatic amines is 1.